The van der Waals surface area contributed by atoms with Gasteiger partial charge in [0.1, 0.15) is 0 Å². The lowest BCUT2D eigenvalue weighted by Crippen LogP contribution is -2.11. The number of hydrogen-bond acceptors (Lipinski definition) is 0. The van der Waals surface area contributed by atoms with E-state index in [4.69, 9.17) is 0 Å². The first-order chi connectivity index (χ1) is 10.4. The Bertz CT molecular complexity index is 545. The summed E-state index contributed by atoms with van der Waals surface area (Å²) in [5.74, 6) is 0.813. The SMILES string of the molecule is c1ccc2c(c1)c(C1CCCCC1)cn2C1CCCCC1. The number of benzene rings is 1. The highest BCUT2D eigenvalue weighted by Gasteiger charge is 2.23. The van der Waals surface area contributed by atoms with Crippen LogP contribution in [0, 0.1) is 0 Å². The molecule has 1 heterocycles. The zero-order chi connectivity index (χ0) is 14.1. The summed E-state index contributed by atoms with van der Waals surface area (Å²) in [7, 11) is 0. The van der Waals surface area contributed by atoms with Gasteiger partial charge in [0.15, 0.2) is 0 Å². The normalized spacial score (nSPS) is 21.9. The average molecular weight is 281 g/mol. The molecule has 1 aromatic carbocycles. The molecule has 0 spiro atoms. The first kappa shape index (κ1) is 13.4. The van der Waals surface area contributed by atoms with E-state index in [0.29, 0.717) is 0 Å². The van der Waals surface area contributed by atoms with Crippen molar-refractivity contribution in [2.24, 2.45) is 0 Å². The van der Waals surface area contributed by atoms with Gasteiger partial charge < -0.3 is 4.57 Å². The molecule has 2 fully saturated rings. The van der Waals surface area contributed by atoms with Crippen LogP contribution < -0.4 is 0 Å². The molecule has 1 aromatic heterocycles. The van der Waals surface area contributed by atoms with Crippen LogP contribution in [0.1, 0.15) is 81.7 Å². The third-order valence-electron chi connectivity index (χ3n) is 5.78. The van der Waals surface area contributed by atoms with E-state index in [9.17, 15) is 0 Å². The van der Waals surface area contributed by atoms with Crippen molar-refractivity contribution < 1.29 is 0 Å². The highest BCUT2D eigenvalue weighted by molar-refractivity contribution is 5.84. The summed E-state index contributed by atoms with van der Waals surface area (Å²) >= 11 is 0. The smallest absolute Gasteiger partial charge is 0.0485 e. The summed E-state index contributed by atoms with van der Waals surface area (Å²) in [6, 6.07) is 9.89. The minimum Gasteiger partial charge on any atom is -0.344 e. The molecule has 0 radical (unpaired) electrons. The highest BCUT2D eigenvalue weighted by atomic mass is 15.0. The Morgan fingerprint density at radius 3 is 2.19 bits per heavy atom. The lowest BCUT2D eigenvalue weighted by molar-refractivity contribution is 0.359. The Morgan fingerprint density at radius 1 is 0.762 bits per heavy atom. The van der Waals surface area contributed by atoms with Crippen molar-refractivity contribution in [3.8, 4) is 0 Å². The van der Waals surface area contributed by atoms with Crippen LogP contribution in [-0.4, -0.2) is 4.57 Å². The minimum absolute atomic E-state index is 0.751. The molecule has 4 rings (SSSR count). The molecule has 0 saturated heterocycles. The second-order valence-electron chi connectivity index (χ2n) is 7.14. The fourth-order valence-corrected chi connectivity index (χ4v) is 4.63. The van der Waals surface area contributed by atoms with Crippen LogP contribution >= 0.6 is 0 Å². The van der Waals surface area contributed by atoms with Crippen LogP contribution in [0.15, 0.2) is 30.5 Å². The number of rotatable bonds is 2. The second kappa shape index (κ2) is 5.87. The number of para-hydroxylation sites is 1. The monoisotopic (exact) mass is 281 g/mol. The van der Waals surface area contributed by atoms with E-state index < -0.39 is 0 Å². The van der Waals surface area contributed by atoms with Gasteiger partial charge in [0.2, 0.25) is 0 Å². The first-order valence-corrected chi connectivity index (χ1v) is 9.03. The van der Waals surface area contributed by atoms with Gasteiger partial charge in [-0.1, -0.05) is 56.7 Å². The molecule has 0 N–H and O–H groups in total. The Morgan fingerprint density at radius 2 is 1.43 bits per heavy atom. The molecule has 0 aliphatic heterocycles. The molecular weight excluding hydrogens is 254 g/mol. The molecule has 21 heavy (non-hydrogen) atoms. The van der Waals surface area contributed by atoms with Gasteiger partial charge in [0.25, 0.3) is 0 Å². The summed E-state index contributed by atoms with van der Waals surface area (Å²) in [5.41, 5.74) is 3.14. The van der Waals surface area contributed by atoms with E-state index in [1.165, 1.54) is 75.1 Å². The zero-order valence-electron chi connectivity index (χ0n) is 13.1. The maximum atomic E-state index is 2.64. The third-order valence-corrected chi connectivity index (χ3v) is 5.78. The van der Waals surface area contributed by atoms with Crippen LogP contribution in [-0.2, 0) is 0 Å². The van der Waals surface area contributed by atoms with Gasteiger partial charge >= 0.3 is 0 Å². The maximum absolute atomic E-state index is 2.64. The van der Waals surface area contributed by atoms with Crippen molar-refractivity contribution in [1.82, 2.24) is 4.57 Å². The molecule has 1 heteroatoms. The molecule has 1 nitrogen and oxygen atoms in total. The molecule has 2 aliphatic rings. The average Bonchev–Trinajstić information content (AvgIpc) is 2.96. The number of hydrogen-bond donors (Lipinski definition) is 0. The van der Waals surface area contributed by atoms with Crippen molar-refractivity contribution in [2.75, 3.05) is 0 Å². The Kier molecular flexibility index (Phi) is 3.75. The Hall–Kier alpha value is -1.24. The van der Waals surface area contributed by atoms with E-state index in [-0.39, 0.29) is 0 Å². The van der Waals surface area contributed by atoms with Crippen LogP contribution in [0.5, 0.6) is 0 Å². The molecule has 0 amide bonds. The Balaban J connectivity index is 1.76. The topological polar surface area (TPSA) is 4.93 Å². The van der Waals surface area contributed by atoms with E-state index >= 15 is 0 Å². The quantitative estimate of drug-likeness (QED) is 0.618. The van der Waals surface area contributed by atoms with Gasteiger partial charge in [-0.15, -0.1) is 0 Å². The van der Waals surface area contributed by atoms with Crippen LogP contribution in [0.2, 0.25) is 0 Å². The van der Waals surface area contributed by atoms with E-state index in [1.54, 1.807) is 5.56 Å². The summed E-state index contributed by atoms with van der Waals surface area (Å²) in [6.45, 7) is 0. The van der Waals surface area contributed by atoms with Gasteiger partial charge in [0.05, 0.1) is 0 Å². The number of nitrogens with zero attached hydrogens (tertiary/aromatic N) is 1. The van der Waals surface area contributed by atoms with Gasteiger partial charge in [-0.3, -0.25) is 0 Å². The van der Waals surface area contributed by atoms with E-state index in [0.717, 1.165) is 12.0 Å². The van der Waals surface area contributed by atoms with Crippen molar-refractivity contribution >= 4 is 10.9 Å². The predicted molar refractivity (Wildman–Crippen MR) is 89.9 cm³/mol. The molecule has 0 atom stereocenters. The van der Waals surface area contributed by atoms with Crippen LogP contribution in [0.3, 0.4) is 0 Å². The lowest BCUT2D eigenvalue weighted by Gasteiger charge is -2.24. The summed E-state index contributed by atoms with van der Waals surface area (Å²) in [4.78, 5) is 0. The van der Waals surface area contributed by atoms with Crippen LogP contribution in [0.25, 0.3) is 10.9 Å². The zero-order valence-corrected chi connectivity index (χ0v) is 13.1. The Labute approximate surface area is 128 Å². The van der Waals surface area contributed by atoms with Gasteiger partial charge in [-0.2, -0.15) is 0 Å². The molecule has 2 aliphatic carbocycles. The molecule has 112 valence electrons. The van der Waals surface area contributed by atoms with Gasteiger partial charge in [0, 0.05) is 23.1 Å². The van der Waals surface area contributed by atoms with Crippen molar-refractivity contribution in [2.45, 2.75) is 76.2 Å². The van der Waals surface area contributed by atoms with Crippen molar-refractivity contribution in [1.29, 1.82) is 0 Å². The molecule has 2 aromatic rings. The maximum Gasteiger partial charge on any atom is 0.0485 e. The fraction of sp³-hybridized carbons (Fsp3) is 0.600. The molecule has 0 unspecified atom stereocenters. The summed E-state index contributed by atoms with van der Waals surface area (Å²) in [5, 5.41) is 1.54. The lowest BCUT2D eigenvalue weighted by atomic mass is 9.84. The van der Waals surface area contributed by atoms with E-state index in [1.807, 2.05) is 0 Å². The predicted octanol–water partition coefficient (Wildman–Crippen LogP) is 6.19. The summed E-state index contributed by atoms with van der Waals surface area (Å²) in [6.07, 6.45) is 16.6. The van der Waals surface area contributed by atoms with Crippen LogP contribution in [0.4, 0.5) is 0 Å². The second-order valence-corrected chi connectivity index (χ2v) is 7.14. The first-order valence-electron chi connectivity index (χ1n) is 9.03. The van der Waals surface area contributed by atoms with Gasteiger partial charge in [-0.05, 0) is 43.2 Å². The highest BCUT2D eigenvalue weighted by Crippen LogP contribution is 2.40. The molecule has 2 saturated carbocycles. The minimum atomic E-state index is 0.751. The van der Waals surface area contributed by atoms with Crippen molar-refractivity contribution in [3.63, 3.8) is 0 Å². The number of fused-ring (bicyclic) bond motifs is 1. The standard InChI is InChI=1S/C20H27N/c1-3-9-16(10-4-1)19-15-21(17-11-5-2-6-12-17)20-14-8-7-13-18(19)20/h7-8,13-17H,1-6,9-12H2. The van der Waals surface area contributed by atoms with Crippen molar-refractivity contribution in [3.05, 3.63) is 36.0 Å². The van der Waals surface area contributed by atoms with Gasteiger partial charge in [-0.25, -0.2) is 0 Å². The summed E-state index contributed by atoms with van der Waals surface area (Å²) < 4.78 is 2.64. The third kappa shape index (κ3) is 2.52. The molecular formula is C20H27N. The largest absolute Gasteiger partial charge is 0.344 e. The number of aromatic nitrogens is 1. The fourth-order valence-electron chi connectivity index (χ4n) is 4.63. The molecule has 0 bridgehead atoms. The van der Waals surface area contributed by atoms with E-state index in [2.05, 4.69) is 35.0 Å².